The van der Waals surface area contributed by atoms with Gasteiger partial charge < -0.3 is 24.4 Å². The van der Waals surface area contributed by atoms with E-state index in [1.165, 1.54) is 0 Å². The molecule has 0 bridgehead atoms. The molecule has 10 heteroatoms. The minimum absolute atomic E-state index is 0.00596. The smallest absolute Gasteiger partial charge is 0.450 e. The molecule has 0 amide bonds. The molecule has 0 saturated carbocycles. The topological polar surface area (TPSA) is 60.0 Å². The third kappa shape index (κ3) is 4.05. The molecule has 35 heavy (non-hydrogen) atoms. The molecule has 3 aliphatic heterocycles. The summed E-state index contributed by atoms with van der Waals surface area (Å²) in [5.41, 5.74) is 3.81. The van der Waals surface area contributed by atoms with Crippen LogP contribution in [0, 0.1) is 5.92 Å². The molecule has 0 aromatic heterocycles. The Kier molecular flexibility index (Phi) is 6.39. The van der Waals surface area contributed by atoms with Crippen LogP contribution in [0.25, 0.3) is 4.91 Å². The second-order valence-electron chi connectivity index (χ2n) is 8.92. The van der Waals surface area contributed by atoms with Crippen molar-refractivity contribution in [3.8, 4) is 11.5 Å². The van der Waals surface area contributed by atoms with E-state index in [9.17, 15) is 18.0 Å². The fraction of sp³-hybridized carbons (Fsp3) is 0.480. The van der Waals surface area contributed by atoms with Crippen LogP contribution in [0.1, 0.15) is 18.4 Å². The Morgan fingerprint density at radius 2 is 1.94 bits per heavy atom. The summed E-state index contributed by atoms with van der Waals surface area (Å²) in [7, 11) is 4.81. The van der Waals surface area contributed by atoms with Crippen LogP contribution in [0.5, 0.6) is 11.5 Å². The number of carbonyl (C=O) groups is 1. The van der Waals surface area contributed by atoms with E-state index in [0.717, 1.165) is 38.6 Å². The average Bonchev–Trinajstić information content (AvgIpc) is 3.05. The van der Waals surface area contributed by atoms with E-state index in [1.807, 2.05) is 29.2 Å². The Bertz CT molecular complexity index is 1140. The number of carbonyl (C=O) groups excluding carboxylic acids is 1. The molecule has 188 valence electrons. The van der Waals surface area contributed by atoms with Crippen molar-refractivity contribution in [1.29, 1.82) is 0 Å². The number of nitrogens with one attached hydrogen (secondary N) is 1. The minimum Gasteiger partial charge on any atom is -0.493 e. The van der Waals surface area contributed by atoms with Crippen LogP contribution in [0.3, 0.4) is 0 Å². The first kappa shape index (κ1) is 24.3. The highest BCUT2D eigenvalue weighted by atomic mass is 32.2. The van der Waals surface area contributed by atoms with Gasteiger partial charge in [0.15, 0.2) is 11.5 Å². The summed E-state index contributed by atoms with van der Waals surface area (Å²) in [6, 6.07) is 5.06. The van der Waals surface area contributed by atoms with Crippen molar-refractivity contribution in [2.45, 2.75) is 31.2 Å². The number of piperidine rings is 1. The predicted octanol–water partition coefficient (Wildman–Crippen LogP) is 4.14. The predicted molar refractivity (Wildman–Crippen MR) is 127 cm³/mol. The molecule has 1 saturated heterocycles. The fourth-order valence-corrected chi connectivity index (χ4v) is 6.92. The van der Waals surface area contributed by atoms with Crippen molar-refractivity contribution >= 4 is 22.5 Å². The normalized spacial score (nSPS) is 26.2. The number of alkyl halides is 3. The van der Waals surface area contributed by atoms with Crippen LogP contribution < -0.4 is 14.8 Å². The van der Waals surface area contributed by atoms with Crippen LogP contribution in [0.15, 0.2) is 46.0 Å². The molecule has 4 aliphatic rings. The monoisotopic (exact) mass is 508 g/mol. The van der Waals surface area contributed by atoms with Gasteiger partial charge in [0.1, 0.15) is 0 Å². The summed E-state index contributed by atoms with van der Waals surface area (Å²) in [5, 5.41) is 3.06. The molecule has 1 fully saturated rings. The van der Waals surface area contributed by atoms with E-state index < -0.39 is 23.9 Å². The molecule has 1 aromatic rings. The lowest BCUT2D eigenvalue weighted by atomic mass is 9.84. The lowest BCUT2D eigenvalue weighted by Gasteiger charge is -2.38. The summed E-state index contributed by atoms with van der Waals surface area (Å²) in [6.07, 6.45) is -1.58. The largest absolute Gasteiger partial charge is 0.493 e. The third-order valence-corrected chi connectivity index (χ3v) is 8.46. The maximum Gasteiger partial charge on any atom is 0.450 e. The number of Topliss-reactive ketones (excluding diaryl/α,β-unsaturated/α-hetero) is 1. The summed E-state index contributed by atoms with van der Waals surface area (Å²) in [5.74, 6) is -1.65. The van der Waals surface area contributed by atoms with E-state index in [-0.39, 0.29) is 12.6 Å². The van der Waals surface area contributed by atoms with Crippen molar-refractivity contribution < 1.29 is 32.2 Å². The van der Waals surface area contributed by atoms with E-state index in [1.54, 1.807) is 33.1 Å². The number of nitrogens with zero attached hydrogens (tertiary/aromatic N) is 1. The van der Waals surface area contributed by atoms with Gasteiger partial charge in [-0.3, -0.25) is 4.79 Å². The number of benzene rings is 1. The molecule has 5 rings (SSSR count). The Morgan fingerprint density at radius 3 is 2.63 bits per heavy atom. The van der Waals surface area contributed by atoms with Crippen molar-refractivity contribution in [2.75, 3.05) is 41.0 Å². The second kappa shape index (κ2) is 9.22. The molecular formula is C25H27F3N2O4S. The number of allylic oxidation sites excluding steroid dienone is 1. The highest BCUT2D eigenvalue weighted by Gasteiger charge is 2.53. The Morgan fingerprint density at radius 1 is 1.17 bits per heavy atom. The number of thioether (sulfide) groups is 1. The van der Waals surface area contributed by atoms with Crippen LogP contribution in [-0.4, -0.2) is 70.0 Å². The first-order chi connectivity index (χ1) is 16.8. The number of ketones is 1. The molecule has 3 unspecified atom stereocenters. The van der Waals surface area contributed by atoms with Gasteiger partial charge in [-0.05, 0) is 47.8 Å². The number of halogens is 3. The maximum absolute atomic E-state index is 13.5. The molecule has 3 atom stereocenters. The van der Waals surface area contributed by atoms with Crippen molar-refractivity contribution in [2.24, 2.45) is 5.92 Å². The quantitative estimate of drug-likeness (QED) is 0.642. The third-order valence-electron chi connectivity index (χ3n) is 7.16. The van der Waals surface area contributed by atoms with Crippen LogP contribution in [-0.2, 0) is 9.53 Å². The molecule has 6 nitrogen and oxygen atoms in total. The zero-order chi connectivity index (χ0) is 24.9. The van der Waals surface area contributed by atoms with Gasteiger partial charge in [0.2, 0.25) is 5.78 Å². The first-order valence-corrected chi connectivity index (χ1v) is 12.3. The van der Waals surface area contributed by atoms with Crippen LogP contribution in [0.4, 0.5) is 13.2 Å². The molecule has 0 spiro atoms. The molecule has 1 aliphatic carbocycles. The summed E-state index contributed by atoms with van der Waals surface area (Å²) in [4.78, 5) is 16.4. The summed E-state index contributed by atoms with van der Waals surface area (Å²) in [6.45, 7) is 0.890. The number of ether oxygens (including phenoxy) is 3. The highest BCUT2D eigenvalue weighted by molar-refractivity contribution is 8.11. The number of hydrogen-bond donors (Lipinski definition) is 1. The van der Waals surface area contributed by atoms with Crippen molar-refractivity contribution in [1.82, 2.24) is 10.2 Å². The van der Waals surface area contributed by atoms with E-state index >= 15 is 0 Å². The van der Waals surface area contributed by atoms with Crippen LogP contribution in [0.2, 0.25) is 0 Å². The number of methoxy groups -OCH3 is 3. The van der Waals surface area contributed by atoms with Gasteiger partial charge in [-0.15, -0.1) is 0 Å². The van der Waals surface area contributed by atoms with Crippen molar-refractivity contribution in [3.05, 3.63) is 51.6 Å². The molecule has 3 heterocycles. The Labute approximate surface area is 206 Å². The van der Waals surface area contributed by atoms with E-state index in [0.29, 0.717) is 31.0 Å². The van der Waals surface area contributed by atoms with Gasteiger partial charge in [0.05, 0.1) is 38.0 Å². The zero-order valence-electron chi connectivity index (χ0n) is 19.7. The SMILES string of the molecule is COc1ccc(C2=CCN3C4=C(S2)C(OC)CCC4=C2CNCC(C(=O)C(F)(F)F)C23)cc1OC. The standard InChI is InChI=1S/C25H27F3N2O4S/c1-32-17-6-4-13(10-19(17)34-3)20-8-9-30-21-15(11-29-12-16(21)24(31)25(26,27)28)14-5-7-18(33-2)23(35-20)22(14)30/h4,6,8,10,16,18,21,29H,5,7,9,11-12H2,1-3H3. The maximum atomic E-state index is 13.5. The van der Waals surface area contributed by atoms with Crippen LogP contribution >= 0.6 is 11.8 Å². The first-order valence-electron chi connectivity index (χ1n) is 11.5. The molecule has 0 radical (unpaired) electrons. The average molecular weight is 509 g/mol. The second-order valence-corrected chi connectivity index (χ2v) is 10.0. The van der Waals surface area contributed by atoms with E-state index in [2.05, 4.69) is 5.32 Å². The molecular weight excluding hydrogens is 481 g/mol. The Balaban J connectivity index is 1.60. The lowest BCUT2D eigenvalue weighted by Crippen LogP contribution is -2.53. The Hall–Kier alpha value is -2.43. The summed E-state index contributed by atoms with van der Waals surface area (Å²) >= 11 is 1.58. The molecule has 1 N–H and O–H groups in total. The van der Waals surface area contributed by atoms with Crippen molar-refractivity contribution in [3.63, 3.8) is 0 Å². The van der Waals surface area contributed by atoms with Gasteiger partial charge in [-0.1, -0.05) is 17.8 Å². The van der Waals surface area contributed by atoms with Gasteiger partial charge >= 0.3 is 6.18 Å². The van der Waals surface area contributed by atoms with E-state index in [4.69, 9.17) is 14.2 Å². The molecule has 1 aromatic carbocycles. The van der Waals surface area contributed by atoms with Gasteiger partial charge in [-0.25, -0.2) is 0 Å². The number of rotatable bonds is 5. The number of fused-ring (bicyclic) bond motifs is 2. The highest BCUT2D eigenvalue weighted by Crippen LogP contribution is 2.53. The van der Waals surface area contributed by atoms with Gasteiger partial charge in [0.25, 0.3) is 0 Å². The summed E-state index contributed by atoms with van der Waals surface area (Å²) < 4.78 is 57.2. The minimum atomic E-state index is -4.87. The number of hydrogen-bond acceptors (Lipinski definition) is 7. The zero-order valence-corrected chi connectivity index (χ0v) is 20.5. The van der Waals surface area contributed by atoms with Gasteiger partial charge in [0, 0.05) is 36.6 Å². The van der Waals surface area contributed by atoms with Gasteiger partial charge in [-0.2, -0.15) is 13.2 Å². The fourth-order valence-electron chi connectivity index (χ4n) is 5.60. The lowest BCUT2D eigenvalue weighted by molar-refractivity contribution is -0.177.